The number of piperidine rings is 1. The maximum absolute atomic E-state index is 11.8. The largest absolute Gasteiger partial charge is 0.413 e. The van der Waals surface area contributed by atoms with E-state index in [0.717, 1.165) is 19.0 Å². The minimum Gasteiger partial charge on any atom is -0.410 e. The zero-order chi connectivity index (χ0) is 17.7. The van der Waals surface area contributed by atoms with Crippen LogP contribution >= 0.6 is 0 Å². The van der Waals surface area contributed by atoms with Gasteiger partial charge in [0.2, 0.25) is 0 Å². The first kappa shape index (κ1) is 18.6. The highest BCUT2D eigenvalue weighted by Gasteiger charge is 2.20. The molecule has 0 spiro atoms. The fourth-order valence-electron chi connectivity index (χ4n) is 3.05. The van der Waals surface area contributed by atoms with Gasteiger partial charge in [-0.3, -0.25) is 0 Å². The van der Waals surface area contributed by atoms with Crippen LogP contribution in [-0.2, 0) is 0 Å². The van der Waals surface area contributed by atoms with Crippen LogP contribution in [0.4, 0.5) is 10.5 Å². The number of amides is 1. The van der Waals surface area contributed by atoms with Crippen LogP contribution in [0.15, 0.2) is 24.3 Å². The monoisotopic (exact) mass is 333 g/mol. The molecule has 1 N–H and O–H groups in total. The van der Waals surface area contributed by atoms with Crippen molar-refractivity contribution in [1.29, 1.82) is 0 Å². The normalized spacial score (nSPS) is 16.3. The lowest BCUT2D eigenvalue weighted by molar-refractivity contribution is 0.190. The van der Waals surface area contributed by atoms with Crippen molar-refractivity contribution in [3.8, 4) is 5.75 Å². The van der Waals surface area contributed by atoms with E-state index in [1.54, 1.807) is 0 Å². The molecule has 1 amide bonds. The number of hydrogen-bond donors (Lipinski definition) is 1. The number of rotatable bonds is 4. The number of anilines is 1. The predicted molar refractivity (Wildman–Crippen MR) is 98.8 cm³/mol. The van der Waals surface area contributed by atoms with Crippen LogP contribution in [0.3, 0.4) is 0 Å². The van der Waals surface area contributed by atoms with Gasteiger partial charge in [-0.1, -0.05) is 0 Å². The highest BCUT2D eigenvalue weighted by atomic mass is 16.6. The summed E-state index contributed by atoms with van der Waals surface area (Å²) in [7, 11) is 4.28. The smallest absolute Gasteiger partial charge is 0.410 e. The van der Waals surface area contributed by atoms with E-state index < -0.39 is 6.09 Å². The average Bonchev–Trinajstić information content (AvgIpc) is 2.46. The fourth-order valence-corrected chi connectivity index (χ4v) is 3.05. The van der Waals surface area contributed by atoms with Gasteiger partial charge in [0.15, 0.2) is 0 Å². The summed E-state index contributed by atoms with van der Waals surface area (Å²) in [5, 5.41) is 2.79. The number of carbonyl (C=O) groups excluding carboxylic acids is 1. The molecule has 1 aliphatic heterocycles. The summed E-state index contributed by atoms with van der Waals surface area (Å²) in [5.41, 5.74) is 0.898. The Bertz CT molecular complexity index is 527. The van der Waals surface area contributed by atoms with Crippen LogP contribution in [0, 0.1) is 5.92 Å². The first-order chi connectivity index (χ1) is 11.2. The van der Waals surface area contributed by atoms with Crippen molar-refractivity contribution < 1.29 is 9.53 Å². The van der Waals surface area contributed by atoms with Gasteiger partial charge >= 0.3 is 6.09 Å². The standard InChI is InChI=1S/C19H31N3O2/c1-19(2,3)20-18(23)24-17-8-6-16(7-9-17)22-12-10-15(11-13-22)14-21(4)5/h6-9,15H,10-14H2,1-5H3,(H,20,23). The van der Waals surface area contributed by atoms with Gasteiger partial charge in [0.1, 0.15) is 5.75 Å². The van der Waals surface area contributed by atoms with Crippen LogP contribution in [-0.4, -0.2) is 50.3 Å². The lowest BCUT2D eigenvalue weighted by Crippen LogP contribution is -2.42. The third-order valence-electron chi connectivity index (χ3n) is 4.13. The van der Waals surface area contributed by atoms with Crippen molar-refractivity contribution >= 4 is 11.8 Å². The summed E-state index contributed by atoms with van der Waals surface area (Å²) < 4.78 is 5.32. The van der Waals surface area contributed by atoms with E-state index in [9.17, 15) is 4.79 Å². The Kier molecular flexibility index (Phi) is 6.10. The lowest BCUT2D eigenvalue weighted by atomic mass is 9.96. The lowest BCUT2D eigenvalue weighted by Gasteiger charge is -2.34. The van der Waals surface area contributed by atoms with E-state index in [1.165, 1.54) is 25.1 Å². The Hall–Kier alpha value is -1.75. The van der Waals surface area contributed by atoms with Gasteiger partial charge in [-0.05, 0) is 77.9 Å². The van der Waals surface area contributed by atoms with Gasteiger partial charge in [0, 0.05) is 30.9 Å². The number of nitrogens with zero attached hydrogens (tertiary/aromatic N) is 2. The second-order valence-corrected chi connectivity index (χ2v) is 7.95. The molecular formula is C19H31N3O2. The van der Waals surface area contributed by atoms with E-state index in [4.69, 9.17) is 4.74 Å². The van der Waals surface area contributed by atoms with Gasteiger partial charge in [0.25, 0.3) is 0 Å². The summed E-state index contributed by atoms with van der Waals surface area (Å²) in [6, 6.07) is 7.80. The average molecular weight is 333 g/mol. The zero-order valence-electron chi connectivity index (χ0n) is 15.6. The number of benzene rings is 1. The number of ether oxygens (including phenoxy) is 1. The quantitative estimate of drug-likeness (QED) is 0.918. The molecule has 5 nitrogen and oxygen atoms in total. The summed E-state index contributed by atoms with van der Waals surface area (Å²) in [5.74, 6) is 1.36. The van der Waals surface area contributed by atoms with Crippen LogP contribution < -0.4 is 15.0 Å². The van der Waals surface area contributed by atoms with Crippen LogP contribution in [0.1, 0.15) is 33.6 Å². The number of hydrogen-bond acceptors (Lipinski definition) is 4. The van der Waals surface area contributed by atoms with E-state index in [2.05, 4.69) is 29.2 Å². The van der Waals surface area contributed by atoms with Gasteiger partial charge in [0.05, 0.1) is 0 Å². The van der Waals surface area contributed by atoms with Crippen molar-refractivity contribution in [3.63, 3.8) is 0 Å². The Labute approximate surface area is 146 Å². The summed E-state index contributed by atoms with van der Waals surface area (Å²) >= 11 is 0. The van der Waals surface area contributed by atoms with Gasteiger partial charge in [-0.2, -0.15) is 0 Å². The molecule has 1 aromatic carbocycles. The Morgan fingerprint density at radius 1 is 1.21 bits per heavy atom. The second-order valence-electron chi connectivity index (χ2n) is 7.95. The number of nitrogens with one attached hydrogen (secondary N) is 1. The summed E-state index contributed by atoms with van der Waals surface area (Å²) in [4.78, 5) is 16.5. The maximum atomic E-state index is 11.8. The number of carbonyl (C=O) groups is 1. The maximum Gasteiger partial charge on any atom is 0.413 e. The molecule has 2 rings (SSSR count). The molecule has 1 saturated heterocycles. The zero-order valence-corrected chi connectivity index (χ0v) is 15.6. The van der Waals surface area contributed by atoms with Crippen molar-refractivity contribution in [2.45, 2.75) is 39.2 Å². The molecule has 24 heavy (non-hydrogen) atoms. The molecule has 1 aliphatic rings. The SMILES string of the molecule is CN(C)CC1CCN(c2ccc(OC(=O)NC(C)(C)C)cc2)CC1. The third-order valence-corrected chi connectivity index (χ3v) is 4.13. The molecule has 0 saturated carbocycles. The van der Waals surface area contributed by atoms with Crippen molar-refractivity contribution in [2.24, 2.45) is 5.92 Å². The minimum atomic E-state index is -0.417. The highest BCUT2D eigenvalue weighted by Crippen LogP contribution is 2.25. The van der Waals surface area contributed by atoms with Crippen LogP contribution in [0.25, 0.3) is 0 Å². The van der Waals surface area contributed by atoms with Crippen molar-refractivity contribution in [1.82, 2.24) is 10.2 Å². The van der Waals surface area contributed by atoms with Gasteiger partial charge in [-0.15, -0.1) is 0 Å². The van der Waals surface area contributed by atoms with Crippen molar-refractivity contribution in [3.05, 3.63) is 24.3 Å². The predicted octanol–water partition coefficient (Wildman–Crippen LogP) is 3.35. The van der Waals surface area contributed by atoms with Crippen molar-refractivity contribution in [2.75, 3.05) is 38.6 Å². The topological polar surface area (TPSA) is 44.8 Å². The van der Waals surface area contributed by atoms with Gasteiger partial charge < -0.3 is 19.9 Å². The molecule has 0 aliphatic carbocycles. The minimum absolute atomic E-state index is 0.298. The Morgan fingerprint density at radius 3 is 2.29 bits per heavy atom. The van der Waals surface area contributed by atoms with Crippen LogP contribution in [0.2, 0.25) is 0 Å². The fraction of sp³-hybridized carbons (Fsp3) is 0.632. The summed E-state index contributed by atoms with van der Waals surface area (Å²) in [6.45, 7) is 9.13. The highest BCUT2D eigenvalue weighted by molar-refractivity contribution is 5.71. The van der Waals surface area contributed by atoms with E-state index in [1.807, 2.05) is 45.0 Å². The molecule has 1 fully saturated rings. The molecule has 0 unspecified atom stereocenters. The molecule has 0 radical (unpaired) electrons. The van der Waals surface area contributed by atoms with Gasteiger partial charge in [-0.25, -0.2) is 4.79 Å². The Balaban J connectivity index is 1.85. The molecule has 1 heterocycles. The Morgan fingerprint density at radius 2 is 1.79 bits per heavy atom. The van der Waals surface area contributed by atoms with E-state index in [0.29, 0.717) is 5.75 Å². The first-order valence-electron chi connectivity index (χ1n) is 8.73. The van der Waals surface area contributed by atoms with E-state index in [-0.39, 0.29) is 5.54 Å². The molecule has 1 aromatic rings. The molecule has 0 bridgehead atoms. The molecule has 5 heteroatoms. The van der Waals surface area contributed by atoms with Crippen LogP contribution in [0.5, 0.6) is 5.75 Å². The molecular weight excluding hydrogens is 302 g/mol. The first-order valence-corrected chi connectivity index (χ1v) is 8.73. The van der Waals surface area contributed by atoms with E-state index >= 15 is 0 Å². The third kappa shape index (κ3) is 6.04. The second kappa shape index (κ2) is 7.88. The molecule has 134 valence electrons. The molecule has 0 atom stereocenters. The summed E-state index contributed by atoms with van der Waals surface area (Å²) in [6.07, 6.45) is 2.04. The molecule has 0 aromatic heterocycles.